The molecule has 1 aromatic heterocycles. The molecule has 0 amide bonds. The maximum Gasteiger partial charge on any atom is 0.374 e. The van der Waals surface area contributed by atoms with Crippen molar-refractivity contribution in [1.82, 2.24) is 4.90 Å². The van der Waals surface area contributed by atoms with Crippen LogP contribution < -0.4 is 4.74 Å². The van der Waals surface area contributed by atoms with Crippen molar-refractivity contribution in [3.63, 3.8) is 0 Å². The van der Waals surface area contributed by atoms with Crippen LogP contribution in [0.25, 0.3) is 21.7 Å². The maximum atomic E-state index is 12.0. The highest BCUT2D eigenvalue weighted by Crippen LogP contribution is 2.31. The molecular weight excluding hydrogens is 442 g/mol. The fraction of sp³-hybridized carbons (Fsp3) is 0.345. The first-order valence-electron chi connectivity index (χ1n) is 12.3. The number of hydrogen-bond donors (Lipinski definition) is 1. The number of fused-ring (bicyclic) bond motifs is 2. The van der Waals surface area contributed by atoms with Gasteiger partial charge in [0, 0.05) is 12.6 Å². The van der Waals surface area contributed by atoms with E-state index >= 15 is 0 Å². The minimum Gasteiger partial charge on any atom is -0.490 e. The summed E-state index contributed by atoms with van der Waals surface area (Å²) in [7, 11) is 0. The van der Waals surface area contributed by atoms with E-state index in [2.05, 4.69) is 47.4 Å². The molecule has 0 aliphatic carbocycles. The number of nitrogens with zero attached hydrogens (tertiary/aromatic N) is 1. The zero-order valence-corrected chi connectivity index (χ0v) is 20.0. The lowest BCUT2D eigenvalue weighted by Crippen LogP contribution is -2.40. The summed E-state index contributed by atoms with van der Waals surface area (Å²) < 4.78 is 16.5. The van der Waals surface area contributed by atoms with Crippen molar-refractivity contribution >= 4 is 27.7 Å². The maximum absolute atomic E-state index is 12.0. The molecule has 0 saturated carbocycles. The van der Waals surface area contributed by atoms with Gasteiger partial charge >= 0.3 is 5.97 Å². The smallest absolute Gasteiger partial charge is 0.374 e. The molecule has 0 radical (unpaired) electrons. The van der Waals surface area contributed by atoms with E-state index in [0.717, 1.165) is 25.9 Å². The van der Waals surface area contributed by atoms with Crippen LogP contribution in [0.1, 0.15) is 41.8 Å². The molecule has 1 saturated heterocycles. The number of ether oxygens (including phenoxy) is 2. The Labute approximate surface area is 205 Å². The fourth-order valence-corrected chi connectivity index (χ4v) is 4.91. The molecule has 6 heteroatoms. The number of piperidine rings is 1. The predicted octanol–water partition coefficient (Wildman–Crippen LogP) is 5.38. The molecule has 1 aliphatic rings. The lowest BCUT2D eigenvalue weighted by atomic mass is 9.88. The Morgan fingerprint density at radius 2 is 1.86 bits per heavy atom. The largest absolute Gasteiger partial charge is 0.490 e. The van der Waals surface area contributed by atoms with Crippen LogP contribution in [-0.4, -0.2) is 54.9 Å². The van der Waals surface area contributed by atoms with Gasteiger partial charge in [-0.25, -0.2) is 4.79 Å². The molecule has 0 spiro atoms. The van der Waals surface area contributed by atoms with Crippen molar-refractivity contribution in [3.8, 4) is 5.75 Å². The average molecular weight is 474 g/mol. The van der Waals surface area contributed by atoms with Gasteiger partial charge in [0.15, 0.2) is 0 Å². The number of carbonyl (C=O) groups excluding carboxylic acids is 1. The van der Waals surface area contributed by atoms with Gasteiger partial charge in [-0.15, -0.1) is 0 Å². The molecule has 5 rings (SSSR count). The lowest BCUT2D eigenvalue weighted by Gasteiger charge is -2.33. The van der Waals surface area contributed by atoms with Crippen molar-refractivity contribution in [2.24, 2.45) is 0 Å². The molecule has 6 nitrogen and oxygen atoms in total. The van der Waals surface area contributed by atoms with Crippen molar-refractivity contribution < 1.29 is 23.8 Å². The van der Waals surface area contributed by atoms with E-state index in [-0.39, 0.29) is 19.0 Å². The summed E-state index contributed by atoms with van der Waals surface area (Å²) in [5.41, 5.74) is 1.96. The van der Waals surface area contributed by atoms with Gasteiger partial charge in [-0.05, 0) is 67.2 Å². The summed E-state index contributed by atoms with van der Waals surface area (Å²) in [6.07, 6.45) is 1.55. The number of carbonyl (C=O) groups is 1. The van der Waals surface area contributed by atoms with Crippen LogP contribution in [0.3, 0.4) is 0 Å². The highest BCUT2D eigenvalue weighted by molar-refractivity contribution is 5.94. The molecule has 1 fully saturated rings. The first-order valence-corrected chi connectivity index (χ1v) is 12.3. The Morgan fingerprint density at radius 3 is 2.66 bits per heavy atom. The SMILES string of the molecule is CCOC(=O)c1cc2c(OCC(O)CN3CCC(c4ccc5ccccc5c4)CC3)cccc2o1. The number of β-amino-alcohol motifs (C(OH)–C–C–N with tert-alkyl or cyclic N) is 1. The molecule has 182 valence electrons. The van der Waals surface area contributed by atoms with Crippen LogP contribution in [0.2, 0.25) is 0 Å². The summed E-state index contributed by atoms with van der Waals surface area (Å²) in [6.45, 7) is 4.68. The van der Waals surface area contributed by atoms with Crippen LogP contribution in [-0.2, 0) is 4.74 Å². The average Bonchev–Trinajstić information content (AvgIpc) is 3.33. The van der Waals surface area contributed by atoms with Gasteiger partial charge < -0.3 is 23.9 Å². The van der Waals surface area contributed by atoms with Crippen molar-refractivity contribution in [1.29, 1.82) is 0 Å². The second-order valence-corrected chi connectivity index (χ2v) is 9.15. The molecule has 0 bridgehead atoms. The van der Waals surface area contributed by atoms with Gasteiger partial charge in [-0.1, -0.05) is 48.5 Å². The summed E-state index contributed by atoms with van der Waals surface area (Å²) in [5, 5.41) is 13.9. The summed E-state index contributed by atoms with van der Waals surface area (Å²) in [6, 6.07) is 22.3. The van der Waals surface area contributed by atoms with E-state index in [9.17, 15) is 9.90 Å². The number of rotatable bonds is 8. The highest BCUT2D eigenvalue weighted by atomic mass is 16.5. The standard InChI is InChI=1S/C29H31NO5/c1-2-33-29(32)28-17-25-26(8-5-9-27(25)35-28)34-19-24(31)18-30-14-12-21(13-15-30)23-11-10-20-6-3-4-7-22(20)16-23/h3-11,16-17,21,24,31H,2,12-15,18-19H2,1H3. The second kappa shape index (κ2) is 10.5. The number of aliphatic hydroxyl groups excluding tert-OH is 1. The van der Waals surface area contributed by atoms with E-state index in [1.54, 1.807) is 25.1 Å². The van der Waals surface area contributed by atoms with Gasteiger partial charge in [0.1, 0.15) is 24.0 Å². The first-order chi connectivity index (χ1) is 17.1. The summed E-state index contributed by atoms with van der Waals surface area (Å²) in [4.78, 5) is 14.3. The lowest BCUT2D eigenvalue weighted by molar-refractivity contribution is 0.0492. The van der Waals surface area contributed by atoms with Crippen LogP contribution in [0.4, 0.5) is 0 Å². The fourth-order valence-electron chi connectivity index (χ4n) is 4.91. The number of likely N-dealkylation sites (tertiary alicyclic amines) is 1. The Hall–Kier alpha value is -3.35. The van der Waals surface area contributed by atoms with Gasteiger partial charge in [0.25, 0.3) is 0 Å². The van der Waals surface area contributed by atoms with Crippen molar-refractivity contribution in [3.05, 3.63) is 78.1 Å². The summed E-state index contributed by atoms with van der Waals surface area (Å²) in [5.74, 6) is 0.780. The Morgan fingerprint density at radius 1 is 1.06 bits per heavy atom. The topological polar surface area (TPSA) is 72.1 Å². The zero-order valence-electron chi connectivity index (χ0n) is 20.0. The number of esters is 1. The quantitative estimate of drug-likeness (QED) is 0.346. The number of aliphatic hydroxyl groups is 1. The molecule has 2 heterocycles. The molecule has 1 atom stereocenters. The molecule has 35 heavy (non-hydrogen) atoms. The first kappa shape index (κ1) is 23.4. The molecule has 1 N–H and O–H groups in total. The Bertz CT molecular complexity index is 1300. The number of hydrogen-bond acceptors (Lipinski definition) is 6. The molecular formula is C29H31NO5. The normalized spacial score (nSPS) is 15.9. The van der Waals surface area contributed by atoms with Gasteiger partial charge in [-0.3, -0.25) is 0 Å². The third-order valence-corrected chi connectivity index (χ3v) is 6.73. The molecule has 1 unspecified atom stereocenters. The number of benzene rings is 3. The van der Waals surface area contributed by atoms with E-state index in [1.807, 2.05) is 6.07 Å². The molecule has 3 aromatic carbocycles. The third-order valence-electron chi connectivity index (χ3n) is 6.73. The van der Waals surface area contributed by atoms with E-state index < -0.39 is 12.1 Å². The zero-order chi connectivity index (χ0) is 24.2. The van der Waals surface area contributed by atoms with E-state index in [1.165, 1.54) is 16.3 Å². The van der Waals surface area contributed by atoms with E-state index in [0.29, 0.717) is 29.2 Å². The van der Waals surface area contributed by atoms with Gasteiger partial charge in [0.2, 0.25) is 5.76 Å². The van der Waals surface area contributed by atoms with Crippen molar-refractivity contribution in [2.45, 2.75) is 31.8 Å². The minimum absolute atomic E-state index is 0.146. The van der Waals surface area contributed by atoms with Gasteiger partial charge in [0.05, 0.1) is 12.0 Å². The molecule has 4 aromatic rings. The van der Waals surface area contributed by atoms with Gasteiger partial charge in [-0.2, -0.15) is 0 Å². The summed E-state index contributed by atoms with van der Waals surface area (Å²) >= 11 is 0. The monoisotopic (exact) mass is 473 g/mol. The number of furan rings is 1. The Balaban J connectivity index is 1.14. The third kappa shape index (κ3) is 5.34. The van der Waals surface area contributed by atoms with Crippen LogP contribution >= 0.6 is 0 Å². The molecule has 1 aliphatic heterocycles. The highest BCUT2D eigenvalue weighted by Gasteiger charge is 2.23. The van der Waals surface area contributed by atoms with E-state index in [4.69, 9.17) is 13.9 Å². The van der Waals surface area contributed by atoms with Crippen LogP contribution in [0.15, 0.2) is 71.1 Å². The van der Waals surface area contributed by atoms with Crippen molar-refractivity contribution in [2.75, 3.05) is 32.8 Å². The van der Waals surface area contributed by atoms with Crippen LogP contribution in [0.5, 0.6) is 5.75 Å². The minimum atomic E-state index is -0.612. The second-order valence-electron chi connectivity index (χ2n) is 9.15. The Kier molecular flexibility index (Phi) is 7.02. The van der Waals surface area contributed by atoms with Crippen LogP contribution in [0, 0.1) is 0 Å². The predicted molar refractivity (Wildman–Crippen MR) is 136 cm³/mol.